The number of halogens is 1. The van der Waals surface area contributed by atoms with Crippen LogP contribution < -0.4 is 5.32 Å². The van der Waals surface area contributed by atoms with Gasteiger partial charge in [0, 0.05) is 45.2 Å². The minimum atomic E-state index is -3.58. The standard InChI is InChI=1S/C18H26FN3O3S/c19-16-5-7-17(8-6-16)26(24,25)22-13-11-21(12-14-22)10-9-20-18(23)15-3-1-2-4-15/h5-8,15H,1-4,9-14H2,(H,20,23). The van der Waals surface area contributed by atoms with Gasteiger partial charge in [0.25, 0.3) is 0 Å². The molecule has 1 saturated heterocycles. The molecule has 1 aromatic rings. The fourth-order valence-electron chi connectivity index (χ4n) is 3.62. The first kappa shape index (κ1) is 19.3. The van der Waals surface area contributed by atoms with Crippen LogP contribution in [0, 0.1) is 11.7 Å². The topological polar surface area (TPSA) is 69.7 Å². The lowest BCUT2D eigenvalue weighted by molar-refractivity contribution is -0.124. The second-order valence-corrected chi connectivity index (χ2v) is 8.91. The van der Waals surface area contributed by atoms with Crippen molar-refractivity contribution in [1.29, 1.82) is 0 Å². The van der Waals surface area contributed by atoms with E-state index in [1.807, 2.05) is 0 Å². The number of piperazine rings is 1. The van der Waals surface area contributed by atoms with E-state index in [1.54, 1.807) is 0 Å². The van der Waals surface area contributed by atoms with Crippen LogP contribution in [0.2, 0.25) is 0 Å². The molecule has 1 amide bonds. The average Bonchev–Trinajstić information content (AvgIpc) is 3.17. The van der Waals surface area contributed by atoms with Crippen molar-refractivity contribution in [3.8, 4) is 0 Å². The summed E-state index contributed by atoms with van der Waals surface area (Å²) in [7, 11) is -3.58. The molecule has 1 N–H and O–H groups in total. The van der Waals surface area contributed by atoms with Crippen molar-refractivity contribution in [1.82, 2.24) is 14.5 Å². The molecule has 8 heteroatoms. The molecule has 1 aliphatic carbocycles. The van der Waals surface area contributed by atoms with Crippen LogP contribution in [0.25, 0.3) is 0 Å². The zero-order valence-electron chi connectivity index (χ0n) is 14.9. The van der Waals surface area contributed by atoms with Gasteiger partial charge in [-0.3, -0.25) is 9.69 Å². The number of hydrogen-bond acceptors (Lipinski definition) is 4. The van der Waals surface area contributed by atoms with Gasteiger partial charge in [0.1, 0.15) is 5.82 Å². The zero-order valence-corrected chi connectivity index (χ0v) is 15.7. The Hall–Kier alpha value is -1.51. The van der Waals surface area contributed by atoms with Gasteiger partial charge in [-0.2, -0.15) is 4.31 Å². The van der Waals surface area contributed by atoms with Crippen LogP contribution in [0.15, 0.2) is 29.2 Å². The summed E-state index contributed by atoms with van der Waals surface area (Å²) < 4.78 is 39.6. The van der Waals surface area contributed by atoms with E-state index >= 15 is 0 Å². The molecule has 0 aromatic heterocycles. The highest BCUT2D eigenvalue weighted by Gasteiger charge is 2.28. The number of rotatable bonds is 6. The third-order valence-electron chi connectivity index (χ3n) is 5.24. The number of carbonyl (C=O) groups is 1. The second-order valence-electron chi connectivity index (χ2n) is 6.97. The Morgan fingerprint density at radius 1 is 1.08 bits per heavy atom. The molecular formula is C18H26FN3O3S. The number of sulfonamides is 1. The summed E-state index contributed by atoms with van der Waals surface area (Å²) in [4.78, 5) is 14.3. The monoisotopic (exact) mass is 383 g/mol. The van der Waals surface area contributed by atoms with Gasteiger partial charge in [0.2, 0.25) is 15.9 Å². The highest BCUT2D eigenvalue weighted by Crippen LogP contribution is 2.24. The maximum absolute atomic E-state index is 13.0. The molecule has 0 atom stereocenters. The van der Waals surface area contributed by atoms with Crippen molar-refractivity contribution < 1.29 is 17.6 Å². The van der Waals surface area contributed by atoms with Gasteiger partial charge < -0.3 is 5.32 Å². The normalized spacial score (nSPS) is 20.3. The number of amides is 1. The third kappa shape index (κ3) is 4.61. The first-order chi connectivity index (χ1) is 12.5. The molecule has 144 valence electrons. The quantitative estimate of drug-likeness (QED) is 0.807. The molecule has 1 heterocycles. The Morgan fingerprint density at radius 2 is 1.69 bits per heavy atom. The van der Waals surface area contributed by atoms with E-state index in [4.69, 9.17) is 0 Å². The van der Waals surface area contributed by atoms with Crippen molar-refractivity contribution in [2.45, 2.75) is 30.6 Å². The molecule has 2 fully saturated rings. The molecule has 0 radical (unpaired) electrons. The molecule has 6 nitrogen and oxygen atoms in total. The number of nitrogens with zero attached hydrogens (tertiary/aromatic N) is 2. The van der Waals surface area contributed by atoms with Crippen LogP contribution >= 0.6 is 0 Å². The van der Waals surface area contributed by atoms with Crippen LogP contribution in [0.5, 0.6) is 0 Å². The number of hydrogen-bond donors (Lipinski definition) is 1. The van der Waals surface area contributed by atoms with Gasteiger partial charge in [0.15, 0.2) is 0 Å². The van der Waals surface area contributed by atoms with Crippen LogP contribution in [-0.4, -0.2) is 62.8 Å². The molecule has 0 spiro atoms. The van der Waals surface area contributed by atoms with Crippen LogP contribution in [0.3, 0.4) is 0 Å². The van der Waals surface area contributed by atoms with Crippen molar-refractivity contribution in [3.05, 3.63) is 30.1 Å². The Morgan fingerprint density at radius 3 is 2.31 bits per heavy atom. The maximum Gasteiger partial charge on any atom is 0.243 e. The van der Waals surface area contributed by atoms with E-state index in [0.29, 0.717) is 32.7 Å². The van der Waals surface area contributed by atoms with Crippen molar-refractivity contribution in [2.24, 2.45) is 5.92 Å². The van der Waals surface area contributed by atoms with Gasteiger partial charge in [-0.1, -0.05) is 12.8 Å². The van der Waals surface area contributed by atoms with Gasteiger partial charge >= 0.3 is 0 Å². The minimum Gasteiger partial charge on any atom is -0.355 e. The van der Waals surface area contributed by atoms with E-state index in [1.165, 1.54) is 16.4 Å². The smallest absolute Gasteiger partial charge is 0.243 e. The number of nitrogens with one attached hydrogen (secondary N) is 1. The lowest BCUT2D eigenvalue weighted by atomic mass is 10.1. The predicted octanol–water partition coefficient (Wildman–Crippen LogP) is 1.44. The SMILES string of the molecule is O=C(NCCN1CCN(S(=O)(=O)c2ccc(F)cc2)CC1)C1CCCC1. The molecular weight excluding hydrogens is 357 g/mol. The number of carbonyl (C=O) groups excluding carboxylic acids is 1. The summed E-state index contributed by atoms with van der Waals surface area (Å²) in [5, 5.41) is 3.00. The molecule has 1 aromatic carbocycles. The first-order valence-corrected chi connectivity index (χ1v) is 10.7. The third-order valence-corrected chi connectivity index (χ3v) is 7.15. The summed E-state index contributed by atoms with van der Waals surface area (Å²) in [6, 6.07) is 4.93. The molecule has 1 aliphatic heterocycles. The largest absolute Gasteiger partial charge is 0.355 e. The highest BCUT2D eigenvalue weighted by atomic mass is 32.2. The van der Waals surface area contributed by atoms with E-state index in [0.717, 1.165) is 44.4 Å². The predicted molar refractivity (Wildman–Crippen MR) is 96.6 cm³/mol. The Kier molecular flexibility index (Phi) is 6.26. The van der Waals surface area contributed by atoms with Gasteiger partial charge in [-0.05, 0) is 37.1 Å². The summed E-state index contributed by atoms with van der Waals surface area (Å²) in [5.41, 5.74) is 0. The molecule has 0 unspecified atom stereocenters. The molecule has 26 heavy (non-hydrogen) atoms. The summed E-state index contributed by atoms with van der Waals surface area (Å²) >= 11 is 0. The fourth-order valence-corrected chi connectivity index (χ4v) is 5.04. The number of benzene rings is 1. The zero-order chi connectivity index (χ0) is 18.6. The molecule has 2 aliphatic rings. The minimum absolute atomic E-state index is 0.121. The van der Waals surface area contributed by atoms with E-state index in [-0.39, 0.29) is 16.7 Å². The lowest BCUT2D eigenvalue weighted by Gasteiger charge is -2.34. The van der Waals surface area contributed by atoms with Crippen LogP contribution in [0.1, 0.15) is 25.7 Å². The lowest BCUT2D eigenvalue weighted by Crippen LogP contribution is -2.50. The second kappa shape index (κ2) is 8.45. The highest BCUT2D eigenvalue weighted by molar-refractivity contribution is 7.89. The summed E-state index contributed by atoms with van der Waals surface area (Å²) in [6.07, 6.45) is 4.27. The van der Waals surface area contributed by atoms with Crippen LogP contribution in [-0.2, 0) is 14.8 Å². The Labute approximate surface area is 154 Å². The van der Waals surface area contributed by atoms with E-state index in [2.05, 4.69) is 10.2 Å². The maximum atomic E-state index is 13.0. The average molecular weight is 383 g/mol. The summed E-state index contributed by atoms with van der Waals surface area (Å²) in [6.45, 7) is 3.37. The summed E-state index contributed by atoms with van der Waals surface area (Å²) in [5.74, 6) is -0.124. The van der Waals surface area contributed by atoms with Gasteiger partial charge in [0.05, 0.1) is 4.90 Å². The van der Waals surface area contributed by atoms with E-state index < -0.39 is 15.8 Å². The van der Waals surface area contributed by atoms with Gasteiger partial charge in [-0.15, -0.1) is 0 Å². The first-order valence-electron chi connectivity index (χ1n) is 9.22. The van der Waals surface area contributed by atoms with Gasteiger partial charge in [-0.25, -0.2) is 12.8 Å². The van der Waals surface area contributed by atoms with Crippen molar-refractivity contribution in [3.63, 3.8) is 0 Å². The van der Waals surface area contributed by atoms with Crippen molar-refractivity contribution in [2.75, 3.05) is 39.3 Å². The van der Waals surface area contributed by atoms with Crippen LogP contribution in [0.4, 0.5) is 4.39 Å². The fraction of sp³-hybridized carbons (Fsp3) is 0.611. The Balaban J connectivity index is 1.43. The Bertz CT molecular complexity index is 710. The molecule has 3 rings (SSSR count). The molecule has 0 bridgehead atoms. The molecule has 1 saturated carbocycles. The van der Waals surface area contributed by atoms with Crippen molar-refractivity contribution >= 4 is 15.9 Å². The van der Waals surface area contributed by atoms with E-state index in [9.17, 15) is 17.6 Å².